The highest BCUT2D eigenvalue weighted by atomic mass is 16.4. The highest BCUT2D eigenvalue weighted by Crippen LogP contribution is 2.40. The highest BCUT2D eigenvalue weighted by molar-refractivity contribution is 6.02. The minimum atomic E-state index is -1.13. The fourth-order valence-corrected chi connectivity index (χ4v) is 3.60. The van der Waals surface area contributed by atoms with Gasteiger partial charge in [0.1, 0.15) is 11.3 Å². The van der Waals surface area contributed by atoms with Gasteiger partial charge >= 0.3 is 5.97 Å². The van der Waals surface area contributed by atoms with Crippen LogP contribution in [-0.2, 0) is 9.59 Å². The van der Waals surface area contributed by atoms with Gasteiger partial charge in [0.25, 0.3) is 0 Å². The van der Waals surface area contributed by atoms with Gasteiger partial charge in [-0.2, -0.15) is 0 Å². The summed E-state index contributed by atoms with van der Waals surface area (Å²) in [6.45, 7) is 6.45. The lowest BCUT2D eigenvalue weighted by atomic mass is 9.78. The summed E-state index contributed by atoms with van der Waals surface area (Å²) >= 11 is 0. The van der Waals surface area contributed by atoms with Gasteiger partial charge in [0, 0.05) is 28.6 Å². The summed E-state index contributed by atoms with van der Waals surface area (Å²) in [6, 6.07) is 6.40. The van der Waals surface area contributed by atoms with Gasteiger partial charge in [0.05, 0.1) is 16.9 Å². The van der Waals surface area contributed by atoms with Gasteiger partial charge in [-0.15, -0.1) is 0 Å². The lowest BCUT2D eigenvalue weighted by Gasteiger charge is -2.29. The van der Waals surface area contributed by atoms with Crippen LogP contribution in [0.4, 0.5) is 0 Å². The first kappa shape index (κ1) is 17.7. The Kier molecular flexibility index (Phi) is 4.28. The third-order valence-electron chi connectivity index (χ3n) is 4.59. The third kappa shape index (κ3) is 2.73. The summed E-state index contributed by atoms with van der Waals surface area (Å²) in [6.07, 6.45) is 0. The first-order valence-electron chi connectivity index (χ1n) is 8.18. The van der Waals surface area contributed by atoms with Crippen LogP contribution in [0.15, 0.2) is 56.0 Å². The molecule has 0 radical (unpaired) electrons. The van der Waals surface area contributed by atoms with Gasteiger partial charge in [-0.25, -0.2) is 4.79 Å². The number of allylic oxidation sites excluding steroid dienone is 3. The summed E-state index contributed by atoms with van der Waals surface area (Å²) < 4.78 is 5.78. The molecule has 0 spiro atoms. The second-order valence-corrected chi connectivity index (χ2v) is 6.44. The topological polar surface area (TPSA) is 96.6 Å². The molecule has 1 unspecified atom stereocenters. The van der Waals surface area contributed by atoms with E-state index in [4.69, 9.17) is 4.42 Å². The number of nitrogens with one attached hydrogen (secondary N) is 1. The third-order valence-corrected chi connectivity index (χ3v) is 4.59. The van der Waals surface area contributed by atoms with E-state index in [-0.39, 0.29) is 16.8 Å². The van der Waals surface area contributed by atoms with Crippen molar-refractivity contribution in [1.82, 2.24) is 5.32 Å². The Labute approximate surface area is 149 Å². The molecule has 1 atom stereocenters. The summed E-state index contributed by atoms with van der Waals surface area (Å²) in [5.41, 5.74) is 2.06. The monoisotopic (exact) mass is 353 g/mol. The molecule has 1 aromatic heterocycles. The van der Waals surface area contributed by atoms with E-state index in [1.165, 1.54) is 13.0 Å². The molecule has 2 N–H and O–H groups in total. The van der Waals surface area contributed by atoms with Crippen LogP contribution in [0, 0.1) is 6.92 Å². The van der Waals surface area contributed by atoms with Crippen LogP contribution in [0.2, 0.25) is 0 Å². The van der Waals surface area contributed by atoms with E-state index in [2.05, 4.69) is 5.32 Å². The molecule has 134 valence electrons. The zero-order valence-electron chi connectivity index (χ0n) is 15.0. The Morgan fingerprint density at radius 2 is 1.77 bits per heavy atom. The SMILES string of the molecule is CC(=O)C1=C(C)NC(C)=C(C(=O)O)C1c1cccc2c(=O)cc(C)oc12. The highest BCUT2D eigenvalue weighted by Gasteiger charge is 2.36. The second-order valence-electron chi connectivity index (χ2n) is 6.44. The molecule has 0 saturated heterocycles. The largest absolute Gasteiger partial charge is 0.478 e. The average Bonchev–Trinajstić information content (AvgIpc) is 2.52. The Bertz CT molecular complexity index is 1040. The van der Waals surface area contributed by atoms with E-state index in [0.717, 1.165) is 0 Å². The zero-order valence-corrected chi connectivity index (χ0v) is 15.0. The maximum absolute atomic E-state index is 12.3. The Morgan fingerprint density at radius 3 is 2.38 bits per heavy atom. The number of dihydropyridines is 1. The lowest BCUT2D eigenvalue weighted by Crippen LogP contribution is -2.30. The summed E-state index contributed by atoms with van der Waals surface area (Å²) in [5, 5.41) is 13.1. The molecular formula is C20H19NO5. The summed E-state index contributed by atoms with van der Waals surface area (Å²) in [5.74, 6) is -1.76. The number of aryl methyl sites for hydroxylation is 1. The molecule has 1 aliphatic heterocycles. The van der Waals surface area contributed by atoms with Crippen LogP contribution in [0.3, 0.4) is 0 Å². The fourth-order valence-electron chi connectivity index (χ4n) is 3.60. The molecule has 1 aliphatic rings. The van der Waals surface area contributed by atoms with Crippen LogP contribution in [0.25, 0.3) is 11.0 Å². The van der Waals surface area contributed by atoms with Crippen molar-refractivity contribution in [3.05, 3.63) is 68.4 Å². The number of para-hydroxylation sites is 1. The molecule has 0 saturated carbocycles. The van der Waals surface area contributed by atoms with Gasteiger partial charge in [-0.1, -0.05) is 12.1 Å². The van der Waals surface area contributed by atoms with E-state index in [1.807, 2.05) is 0 Å². The number of aliphatic carboxylic acids is 1. The molecule has 0 amide bonds. The molecule has 26 heavy (non-hydrogen) atoms. The number of carboxylic acids is 1. The van der Waals surface area contributed by atoms with Crippen molar-refractivity contribution in [3.8, 4) is 0 Å². The smallest absolute Gasteiger partial charge is 0.334 e. The maximum atomic E-state index is 12.3. The number of hydrogen-bond donors (Lipinski definition) is 2. The normalized spacial score (nSPS) is 17.5. The summed E-state index contributed by atoms with van der Waals surface area (Å²) in [4.78, 5) is 36.6. The number of fused-ring (bicyclic) bond motifs is 1. The standard InChI is InChI=1S/C20H19NO5/c1-9-8-15(23)13-6-5-7-14(19(13)26-9)18-16(12(4)22)10(2)21-11(3)17(18)20(24)25/h5-8,18,21H,1-4H3,(H,24,25). The number of Topliss-reactive ketones (excluding diaryl/α,β-unsaturated/α-hetero) is 1. The number of ketones is 1. The first-order valence-corrected chi connectivity index (χ1v) is 8.18. The molecule has 1 aromatic carbocycles. The van der Waals surface area contributed by atoms with Crippen LogP contribution >= 0.6 is 0 Å². The molecule has 6 heteroatoms. The Balaban J connectivity index is 2.43. The maximum Gasteiger partial charge on any atom is 0.334 e. The van der Waals surface area contributed by atoms with E-state index < -0.39 is 11.9 Å². The minimum absolute atomic E-state index is 0.0671. The number of benzene rings is 1. The molecular weight excluding hydrogens is 334 g/mol. The number of carbonyl (C=O) groups is 2. The van der Waals surface area contributed by atoms with E-state index in [0.29, 0.717) is 39.3 Å². The first-order chi connectivity index (χ1) is 12.2. The number of carbonyl (C=O) groups excluding carboxylic acids is 1. The molecule has 6 nitrogen and oxygen atoms in total. The van der Waals surface area contributed by atoms with Gasteiger partial charge in [-0.05, 0) is 33.8 Å². The van der Waals surface area contributed by atoms with Crippen molar-refractivity contribution in [2.45, 2.75) is 33.6 Å². The van der Waals surface area contributed by atoms with Crippen LogP contribution in [-0.4, -0.2) is 16.9 Å². The van der Waals surface area contributed by atoms with Gasteiger partial charge in [0.15, 0.2) is 11.2 Å². The van der Waals surface area contributed by atoms with Gasteiger partial charge in [-0.3, -0.25) is 9.59 Å². The molecule has 0 fully saturated rings. The number of hydrogen-bond acceptors (Lipinski definition) is 5. The van der Waals surface area contributed by atoms with Crippen LogP contribution in [0.5, 0.6) is 0 Å². The molecule has 0 aliphatic carbocycles. The van der Waals surface area contributed by atoms with Crippen LogP contribution in [0.1, 0.15) is 38.0 Å². The minimum Gasteiger partial charge on any atom is -0.478 e. The van der Waals surface area contributed by atoms with E-state index in [9.17, 15) is 19.5 Å². The van der Waals surface area contributed by atoms with Crippen molar-refractivity contribution < 1.29 is 19.1 Å². The Morgan fingerprint density at radius 1 is 1.12 bits per heavy atom. The van der Waals surface area contributed by atoms with Crippen molar-refractivity contribution in [2.75, 3.05) is 0 Å². The predicted octanol–water partition coefficient (Wildman–Crippen LogP) is 3.01. The number of rotatable bonds is 3. The summed E-state index contributed by atoms with van der Waals surface area (Å²) in [7, 11) is 0. The Hall–Kier alpha value is -3.15. The molecule has 0 bridgehead atoms. The van der Waals surface area contributed by atoms with Crippen LogP contribution < -0.4 is 10.7 Å². The van der Waals surface area contributed by atoms with Crippen molar-refractivity contribution >= 4 is 22.7 Å². The fraction of sp³-hybridized carbons (Fsp3) is 0.250. The van der Waals surface area contributed by atoms with E-state index >= 15 is 0 Å². The second kappa shape index (κ2) is 6.29. The number of carboxylic acid groups (broad SMARTS) is 1. The van der Waals surface area contributed by atoms with E-state index in [1.54, 1.807) is 39.0 Å². The van der Waals surface area contributed by atoms with Crippen molar-refractivity contribution in [1.29, 1.82) is 0 Å². The average molecular weight is 353 g/mol. The predicted molar refractivity (Wildman–Crippen MR) is 96.8 cm³/mol. The van der Waals surface area contributed by atoms with Gasteiger partial charge in [0.2, 0.25) is 0 Å². The molecule has 2 heterocycles. The van der Waals surface area contributed by atoms with Crippen molar-refractivity contribution in [3.63, 3.8) is 0 Å². The quantitative estimate of drug-likeness (QED) is 0.880. The van der Waals surface area contributed by atoms with Gasteiger partial charge < -0.3 is 14.8 Å². The molecule has 3 rings (SSSR count). The lowest BCUT2D eigenvalue weighted by molar-refractivity contribution is -0.133. The zero-order chi connectivity index (χ0) is 19.2. The van der Waals surface area contributed by atoms with Crippen molar-refractivity contribution in [2.24, 2.45) is 0 Å². The molecule has 2 aromatic rings.